The number of hydrogen-bond donors (Lipinski definition) is 1. The lowest BCUT2D eigenvalue weighted by atomic mass is 10.1. The molecule has 0 aromatic heterocycles. The van der Waals surface area contributed by atoms with Crippen molar-refractivity contribution < 1.29 is 18.7 Å². The van der Waals surface area contributed by atoms with Crippen LogP contribution in [-0.4, -0.2) is 24.0 Å². The van der Waals surface area contributed by atoms with Crippen molar-refractivity contribution in [1.29, 1.82) is 0 Å². The summed E-state index contributed by atoms with van der Waals surface area (Å²) in [7, 11) is 0. The molecule has 0 atom stereocenters. The second-order valence-corrected chi connectivity index (χ2v) is 4.88. The van der Waals surface area contributed by atoms with Crippen LogP contribution in [0.3, 0.4) is 0 Å². The summed E-state index contributed by atoms with van der Waals surface area (Å²) in [6.45, 7) is 5.12. The molecule has 0 radical (unpaired) electrons. The Balaban J connectivity index is 2.47. The Morgan fingerprint density at radius 1 is 1.22 bits per heavy atom. The van der Waals surface area contributed by atoms with Crippen LogP contribution >= 0.6 is 0 Å². The highest BCUT2D eigenvalue weighted by atomic mass is 19.1. The third kappa shape index (κ3) is 4.95. The van der Waals surface area contributed by atoms with Gasteiger partial charge in [0.15, 0.2) is 6.61 Å². The van der Waals surface area contributed by atoms with E-state index >= 15 is 0 Å². The molecular weight excluding hydrogens is 237 g/mol. The molecule has 18 heavy (non-hydrogen) atoms. The molecule has 98 valence electrons. The van der Waals surface area contributed by atoms with Crippen molar-refractivity contribution in [2.24, 2.45) is 0 Å². The normalized spacial score (nSPS) is 10.9. The lowest BCUT2D eigenvalue weighted by Crippen LogP contribution is -2.42. The quantitative estimate of drug-likeness (QED) is 0.837. The summed E-state index contributed by atoms with van der Waals surface area (Å²) in [5, 5.41) is 2.66. The van der Waals surface area contributed by atoms with E-state index in [0.29, 0.717) is 0 Å². The van der Waals surface area contributed by atoms with Gasteiger partial charge in [0.2, 0.25) is 0 Å². The standard InChI is InChI=1S/C13H16FNO3/c1-13(2,3)15-11(16)8-18-12(17)9-4-6-10(14)7-5-9/h4-7H,8H2,1-3H3,(H,15,16). The summed E-state index contributed by atoms with van der Waals surface area (Å²) >= 11 is 0. The zero-order valence-corrected chi connectivity index (χ0v) is 10.6. The molecule has 4 nitrogen and oxygen atoms in total. The SMILES string of the molecule is CC(C)(C)NC(=O)COC(=O)c1ccc(F)cc1. The van der Waals surface area contributed by atoms with E-state index < -0.39 is 11.8 Å². The molecule has 0 bridgehead atoms. The molecule has 0 aliphatic heterocycles. The Labute approximate surface area is 105 Å². The number of halogens is 1. The summed E-state index contributed by atoms with van der Waals surface area (Å²) < 4.78 is 17.4. The predicted octanol–water partition coefficient (Wildman–Crippen LogP) is 1.90. The highest BCUT2D eigenvalue weighted by molar-refractivity contribution is 5.91. The van der Waals surface area contributed by atoms with E-state index in [2.05, 4.69) is 5.32 Å². The monoisotopic (exact) mass is 253 g/mol. The fraction of sp³-hybridized carbons (Fsp3) is 0.385. The minimum Gasteiger partial charge on any atom is -0.452 e. The molecule has 0 heterocycles. The maximum absolute atomic E-state index is 12.6. The van der Waals surface area contributed by atoms with E-state index in [9.17, 15) is 14.0 Å². The smallest absolute Gasteiger partial charge is 0.338 e. The van der Waals surface area contributed by atoms with Gasteiger partial charge in [0.25, 0.3) is 5.91 Å². The minimum absolute atomic E-state index is 0.208. The molecule has 1 aromatic rings. The minimum atomic E-state index is -0.654. The third-order valence-electron chi connectivity index (χ3n) is 1.93. The number of carbonyl (C=O) groups excluding carboxylic acids is 2. The molecule has 0 unspecified atom stereocenters. The van der Waals surface area contributed by atoms with E-state index in [-0.39, 0.29) is 23.6 Å². The molecule has 0 spiro atoms. The van der Waals surface area contributed by atoms with Gasteiger partial charge in [0.05, 0.1) is 5.56 Å². The first-order chi connectivity index (χ1) is 8.28. The zero-order chi connectivity index (χ0) is 13.8. The number of carbonyl (C=O) groups is 2. The molecule has 5 heteroatoms. The van der Waals surface area contributed by atoms with Gasteiger partial charge in [-0.3, -0.25) is 4.79 Å². The number of ether oxygens (including phenoxy) is 1. The van der Waals surface area contributed by atoms with Crippen molar-refractivity contribution in [1.82, 2.24) is 5.32 Å². The second-order valence-electron chi connectivity index (χ2n) is 4.88. The summed E-state index contributed by atoms with van der Waals surface area (Å²) in [5.41, 5.74) is -0.167. The highest BCUT2D eigenvalue weighted by Gasteiger charge is 2.15. The van der Waals surface area contributed by atoms with Gasteiger partial charge in [-0.2, -0.15) is 0 Å². The Hall–Kier alpha value is -1.91. The number of esters is 1. The van der Waals surface area contributed by atoms with Crippen LogP contribution in [-0.2, 0) is 9.53 Å². The van der Waals surface area contributed by atoms with Crippen molar-refractivity contribution in [2.75, 3.05) is 6.61 Å². The predicted molar refractivity (Wildman–Crippen MR) is 64.6 cm³/mol. The van der Waals surface area contributed by atoms with Crippen LogP contribution in [0.15, 0.2) is 24.3 Å². The van der Waals surface area contributed by atoms with Crippen molar-refractivity contribution in [3.63, 3.8) is 0 Å². The van der Waals surface area contributed by atoms with E-state index in [4.69, 9.17) is 4.74 Å². The van der Waals surface area contributed by atoms with Gasteiger partial charge in [0.1, 0.15) is 5.82 Å². The fourth-order valence-corrected chi connectivity index (χ4v) is 1.25. The lowest BCUT2D eigenvalue weighted by molar-refractivity contribution is -0.125. The average molecular weight is 253 g/mol. The summed E-state index contributed by atoms with van der Waals surface area (Å²) in [6, 6.07) is 4.93. The largest absolute Gasteiger partial charge is 0.452 e. The van der Waals surface area contributed by atoms with Gasteiger partial charge in [0, 0.05) is 5.54 Å². The number of rotatable bonds is 3. The lowest BCUT2D eigenvalue weighted by Gasteiger charge is -2.20. The van der Waals surface area contributed by atoms with Gasteiger partial charge in [-0.15, -0.1) is 0 Å². The maximum atomic E-state index is 12.6. The van der Waals surface area contributed by atoms with Gasteiger partial charge < -0.3 is 10.1 Å². The van der Waals surface area contributed by atoms with Gasteiger partial charge in [-0.05, 0) is 45.0 Å². The molecule has 0 saturated carbocycles. The van der Waals surface area contributed by atoms with Gasteiger partial charge in [-0.1, -0.05) is 0 Å². The van der Waals surface area contributed by atoms with Crippen LogP contribution < -0.4 is 5.32 Å². The van der Waals surface area contributed by atoms with Gasteiger partial charge in [-0.25, -0.2) is 9.18 Å². The molecule has 1 amide bonds. The Kier molecular flexibility index (Phi) is 4.42. The molecule has 1 rings (SSSR count). The number of nitrogens with one attached hydrogen (secondary N) is 1. The molecule has 0 saturated heterocycles. The first kappa shape index (κ1) is 14.2. The van der Waals surface area contributed by atoms with Crippen molar-refractivity contribution >= 4 is 11.9 Å². The molecule has 0 aliphatic rings. The van der Waals surface area contributed by atoms with E-state index in [0.717, 1.165) is 12.1 Å². The van der Waals surface area contributed by atoms with E-state index in [1.165, 1.54) is 12.1 Å². The van der Waals surface area contributed by atoms with E-state index in [1.54, 1.807) is 0 Å². The summed E-state index contributed by atoms with van der Waals surface area (Å²) in [6.07, 6.45) is 0. The van der Waals surface area contributed by atoms with Crippen molar-refractivity contribution in [3.05, 3.63) is 35.6 Å². The Morgan fingerprint density at radius 3 is 2.28 bits per heavy atom. The summed E-state index contributed by atoms with van der Waals surface area (Å²) in [4.78, 5) is 22.9. The fourth-order valence-electron chi connectivity index (χ4n) is 1.25. The van der Waals surface area contributed by atoms with Crippen LogP contribution in [0, 0.1) is 5.82 Å². The van der Waals surface area contributed by atoms with Crippen molar-refractivity contribution in [2.45, 2.75) is 26.3 Å². The van der Waals surface area contributed by atoms with Crippen LogP contribution in [0.2, 0.25) is 0 Å². The van der Waals surface area contributed by atoms with Crippen LogP contribution in [0.1, 0.15) is 31.1 Å². The Morgan fingerprint density at radius 2 is 1.78 bits per heavy atom. The van der Waals surface area contributed by atoms with Crippen LogP contribution in [0.4, 0.5) is 4.39 Å². The molecule has 1 N–H and O–H groups in total. The second kappa shape index (κ2) is 5.62. The first-order valence-electron chi connectivity index (χ1n) is 5.51. The first-order valence-corrected chi connectivity index (χ1v) is 5.51. The number of hydrogen-bond acceptors (Lipinski definition) is 3. The van der Waals surface area contributed by atoms with E-state index in [1.807, 2.05) is 20.8 Å². The summed E-state index contributed by atoms with van der Waals surface area (Å²) in [5.74, 6) is -1.46. The van der Waals surface area contributed by atoms with Gasteiger partial charge >= 0.3 is 5.97 Å². The third-order valence-corrected chi connectivity index (χ3v) is 1.93. The average Bonchev–Trinajstić information content (AvgIpc) is 2.24. The molecule has 0 fully saturated rings. The van der Waals surface area contributed by atoms with Crippen molar-refractivity contribution in [3.8, 4) is 0 Å². The molecular formula is C13H16FNO3. The maximum Gasteiger partial charge on any atom is 0.338 e. The Bertz CT molecular complexity index is 435. The number of amides is 1. The number of benzene rings is 1. The molecule has 0 aliphatic carbocycles. The highest BCUT2D eigenvalue weighted by Crippen LogP contribution is 2.04. The topological polar surface area (TPSA) is 55.4 Å². The zero-order valence-electron chi connectivity index (χ0n) is 10.6. The van der Waals surface area contributed by atoms with Crippen LogP contribution in [0.25, 0.3) is 0 Å². The molecule has 1 aromatic carbocycles. The van der Waals surface area contributed by atoms with Crippen LogP contribution in [0.5, 0.6) is 0 Å².